The monoisotopic (exact) mass is 258 g/mol. The molecule has 4 heteroatoms. The average molecular weight is 258 g/mol. The van der Waals surface area contributed by atoms with Crippen LogP contribution in [0.3, 0.4) is 0 Å². The van der Waals surface area contributed by atoms with Crippen LogP contribution in [0.4, 0.5) is 0 Å². The number of hydrogen-bond acceptors (Lipinski definition) is 3. The number of fused-ring (bicyclic) bond motifs is 3. The van der Waals surface area contributed by atoms with Gasteiger partial charge in [-0.05, 0) is 37.5 Å². The second kappa shape index (κ2) is 4.68. The third-order valence-corrected chi connectivity index (χ3v) is 7.56. The fraction of sp³-hybridized carbons (Fsp3) is 1.00. The molecule has 0 N–H and O–H groups in total. The van der Waals surface area contributed by atoms with Gasteiger partial charge < -0.3 is 9.05 Å². The van der Waals surface area contributed by atoms with Crippen molar-refractivity contribution in [2.45, 2.75) is 63.1 Å². The van der Waals surface area contributed by atoms with Gasteiger partial charge in [-0.25, -0.2) is 0 Å². The van der Waals surface area contributed by atoms with Gasteiger partial charge in [-0.1, -0.05) is 25.7 Å². The van der Waals surface area contributed by atoms with Gasteiger partial charge >= 0.3 is 7.60 Å². The van der Waals surface area contributed by atoms with Crippen LogP contribution < -0.4 is 0 Å². The molecule has 2 aliphatic carbocycles. The Bertz CT molecular complexity index is 331. The van der Waals surface area contributed by atoms with E-state index < -0.39 is 7.60 Å². The summed E-state index contributed by atoms with van der Waals surface area (Å²) in [6.07, 6.45) is 9.89. The molecule has 3 nitrogen and oxygen atoms in total. The molecule has 1 heterocycles. The van der Waals surface area contributed by atoms with Gasteiger partial charge in [0, 0.05) is 7.11 Å². The standard InChI is InChI=1S/C13H23O3P/c1-15-17(14)13-9-5-3-7-11(13)10-6-2-4-8-12(10)16-17/h10-13H,2-9H2,1H3. The predicted molar refractivity (Wildman–Crippen MR) is 67.2 cm³/mol. The van der Waals surface area contributed by atoms with Crippen LogP contribution in [0.15, 0.2) is 0 Å². The molecule has 17 heavy (non-hydrogen) atoms. The van der Waals surface area contributed by atoms with Gasteiger partial charge in [0.1, 0.15) is 0 Å². The van der Waals surface area contributed by atoms with Crippen LogP contribution in [0.25, 0.3) is 0 Å². The second-order valence-corrected chi connectivity index (χ2v) is 8.15. The summed E-state index contributed by atoms with van der Waals surface area (Å²) in [5.41, 5.74) is 0.195. The minimum Gasteiger partial charge on any atom is -0.312 e. The van der Waals surface area contributed by atoms with E-state index in [0.717, 1.165) is 12.8 Å². The minimum absolute atomic E-state index is 0.195. The average Bonchev–Trinajstić information content (AvgIpc) is 2.39. The lowest BCUT2D eigenvalue weighted by atomic mass is 9.71. The molecule has 1 saturated heterocycles. The molecule has 0 aromatic rings. The van der Waals surface area contributed by atoms with Crippen LogP contribution in [0.1, 0.15) is 51.4 Å². The Kier molecular flexibility index (Phi) is 3.36. The van der Waals surface area contributed by atoms with E-state index in [2.05, 4.69) is 0 Å². The molecule has 0 bridgehead atoms. The molecule has 1 aliphatic heterocycles. The van der Waals surface area contributed by atoms with Crippen molar-refractivity contribution in [3.05, 3.63) is 0 Å². The molecule has 5 unspecified atom stereocenters. The summed E-state index contributed by atoms with van der Waals surface area (Å²) in [6, 6.07) is 0. The highest BCUT2D eigenvalue weighted by atomic mass is 31.2. The van der Waals surface area contributed by atoms with Crippen LogP contribution in [-0.4, -0.2) is 18.9 Å². The van der Waals surface area contributed by atoms with Crippen LogP contribution in [0.2, 0.25) is 0 Å². The maximum Gasteiger partial charge on any atom is 0.334 e. The van der Waals surface area contributed by atoms with Crippen LogP contribution in [0, 0.1) is 11.8 Å². The van der Waals surface area contributed by atoms with Crippen molar-refractivity contribution in [1.29, 1.82) is 0 Å². The van der Waals surface area contributed by atoms with Gasteiger partial charge in [-0.15, -0.1) is 0 Å². The molecule has 3 rings (SSSR count). The quantitative estimate of drug-likeness (QED) is 0.667. The van der Waals surface area contributed by atoms with Crippen LogP contribution in [0.5, 0.6) is 0 Å². The summed E-state index contributed by atoms with van der Waals surface area (Å²) in [4.78, 5) is 0. The smallest absolute Gasteiger partial charge is 0.312 e. The molecular weight excluding hydrogens is 235 g/mol. The third-order valence-electron chi connectivity index (χ3n) is 5.03. The minimum atomic E-state index is -2.82. The van der Waals surface area contributed by atoms with E-state index in [0.29, 0.717) is 11.8 Å². The van der Waals surface area contributed by atoms with E-state index in [9.17, 15) is 4.57 Å². The summed E-state index contributed by atoms with van der Waals surface area (Å²) in [5.74, 6) is 1.26. The van der Waals surface area contributed by atoms with Crippen molar-refractivity contribution < 1.29 is 13.6 Å². The first-order chi connectivity index (χ1) is 8.24. The van der Waals surface area contributed by atoms with Crippen molar-refractivity contribution in [3.8, 4) is 0 Å². The van der Waals surface area contributed by atoms with E-state index in [1.807, 2.05) is 0 Å². The summed E-state index contributed by atoms with van der Waals surface area (Å²) in [5, 5.41) is 0. The van der Waals surface area contributed by atoms with Crippen molar-refractivity contribution in [2.75, 3.05) is 7.11 Å². The Morgan fingerprint density at radius 2 is 1.65 bits per heavy atom. The maximum atomic E-state index is 12.8. The molecule has 0 spiro atoms. The zero-order valence-electron chi connectivity index (χ0n) is 10.6. The molecule has 3 fully saturated rings. The van der Waals surface area contributed by atoms with E-state index in [-0.39, 0.29) is 11.8 Å². The van der Waals surface area contributed by atoms with Gasteiger partial charge in [0.15, 0.2) is 0 Å². The molecule has 0 aromatic heterocycles. The fourth-order valence-electron chi connectivity index (χ4n) is 4.22. The topological polar surface area (TPSA) is 35.5 Å². The summed E-state index contributed by atoms with van der Waals surface area (Å²) in [7, 11) is -1.25. The summed E-state index contributed by atoms with van der Waals surface area (Å²) >= 11 is 0. The first kappa shape index (κ1) is 12.2. The van der Waals surface area contributed by atoms with E-state index in [1.165, 1.54) is 38.5 Å². The largest absolute Gasteiger partial charge is 0.334 e. The van der Waals surface area contributed by atoms with E-state index in [4.69, 9.17) is 9.05 Å². The van der Waals surface area contributed by atoms with Crippen molar-refractivity contribution >= 4 is 7.60 Å². The van der Waals surface area contributed by atoms with Gasteiger partial charge in [0.2, 0.25) is 0 Å². The molecule has 3 aliphatic rings. The highest BCUT2D eigenvalue weighted by Gasteiger charge is 2.53. The molecule has 0 aromatic carbocycles. The van der Waals surface area contributed by atoms with Crippen molar-refractivity contribution in [1.82, 2.24) is 0 Å². The Balaban J connectivity index is 1.89. The van der Waals surface area contributed by atoms with Crippen LogP contribution in [-0.2, 0) is 13.6 Å². The normalized spacial score (nSPS) is 50.4. The molecule has 2 saturated carbocycles. The molecule has 0 radical (unpaired) electrons. The summed E-state index contributed by atoms with van der Waals surface area (Å²) < 4.78 is 24.0. The Morgan fingerprint density at radius 1 is 1.00 bits per heavy atom. The second-order valence-electron chi connectivity index (χ2n) is 5.83. The lowest BCUT2D eigenvalue weighted by Crippen LogP contribution is -2.45. The first-order valence-corrected chi connectivity index (χ1v) is 8.69. The lowest BCUT2D eigenvalue weighted by molar-refractivity contribution is -0.000998. The van der Waals surface area contributed by atoms with Crippen LogP contribution >= 0.6 is 7.60 Å². The third kappa shape index (κ3) is 2.01. The SMILES string of the molecule is COP1(=O)OC2CCCCC2C2CCCCC21. The predicted octanol–water partition coefficient (Wildman–Crippen LogP) is 3.97. The summed E-state index contributed by atoms with van der Waals surface area (Å²) in [6.45, 7) is 0. The zero-order chi connectivity index (χ0) is 11.9. The maximum absolute atomic E-state index is 12.8. The van der Waals surface area contributed by atoms with Gasteiger partial charge in [-0.2, -0.15) is 0 Å². The van der Waals surface area contributed by atoms with Crippen molar-refractivity contribution in [3.63, 3.8) is 0 Å². The van der Waals surface area contributed by atoms with Gasteiger partial charge in [0.25, 0.3) is 0 Å². The Hall–Kier alpha value is 0.150. The van der Waals surface area contributed by atoms with Gasteiger partial charge in [0.05, 0.1) is 11.8 Å². The van der Waals surface area contributed by atoms with Crippen molar-refractivity contribution in [2.24, 2.45) is 11.8 Å². The zero-order valence-corrected chi connectivity index (χ0v) is 11.5. The number of rotatable bonds is 1. The molecule has 0 amide bonds. The fourth-order valence-corrected chi connectivity index (χ4v) is 6.71. The molecular formula is C13H23O3P. The highest BCUT2D eigenvalue weighted by molar-refractivity contribution is 7.54. The Labute approximate surface area is 104 Å². The highest BCUT2D eigenvalue weighted by Crippen LogP contribution is 2.66. The van der Waals surface area contributed by atoms with E-state index in [1.54, 1.807) is 7.11 Å². The van der Waals surface area contributed by atoms with E-state index >= 15 is 0 Å². The molecule has 5 atom stereocenters. The lowest BCUT2D eigenvalue weighted by Gasteiger charge is -2.49. The molecule has 98 valence electrons. The Morgan fingerprint density at radius 3 is 2.41 bits per heavy atom. The first-order valence-electron chi connectivity index (χ1n) is 7.08. The number of hydrogen-bond donors (Lipinski definition) is 0. The van der Waals surface area contributed by atoms with Gasteiger partial charge in [-0.3, -0.25) is 4.57 Å².